The zero-order chi connectivity index (χ0) is 20.2. The largest absolute Gasteiger partial charge is 0.268 e. The molecule has 0 unspecified atom stereocenters. The highest BCUT2D eigenvalue weighted by molar-refractivity contribution is 7.98. The number of hydrogen-bond donors (Lipinski definition) is 0. The van der Waals surface area contributed by atoms with Crippen LogP contribution in [0.4, 0.5) is 0 Å². The zero-order valence-electron chi connectivity index (χ0n) is 15.2. The maximum atomic E-state index is 13.2. The first kappa shape index (κ1) is 18.5. The van der Waals surface area contributed by atoms with E-state index >= 15 is 0 Å². The predicted molar refractivity (Wildman–Crippen MR) is 113 cm³/mol. The lowest BCUT2D eigenvalue weighted by Crippen LogP contribution is -2.21. The van der Waals surface area contributed by atoms with E-state index in [-0.39, 0.29) is 5.56 Å². The third-order valence-electron chi connectivity index (χ3n) is 4.42. The molecule has 138 valence electrons. The van der Waals surface area contributed by atoms with Crippen molar-refractivity contribution in [2.45, 2.75) is 10.9 Å². The average molecular weight is 394 g/mol. The molecule has 1 aromatic heterocycles. The van der Waals surface area contributed by atoms with E-state index in [0.29, 0.717) is 38.6 Å². The smallest absolute Gasteiger partial charge is 0.266 e. The Hall–Kier alpha value is -3.87. The molecule has 0 spiro atoms. The molecule has 29 heavy (non-hydrogen) atoms. The lowest BCUT2D eigenvalue weighted by molar-refractivity contribution is 0.819. The van der Waals surface area contributed by atoms with Crippen LogP contribution in [-0.2, 0) is 5.75 Å². The third kappa shape index (κ3) is 3.75. The minimum atomic E-state index is -0.159. The van der Waals surface area contributed by atoms with Crippen molar-refractivity contribution < 1.29 is 0 Å². The number of nitriles is 2. The van der Waals surface area contributed by atoms with Crippen molar-refractivity contribution in [1.82, 2.24) is 9.55 Å². The monoisotopic (exact) mass is 394 g/mol. The van der Waals surface area contributed by atoms with E-state index in [9.17, 15) is 4.79 Å². The fraction of sp³-hybridized carbons (Fsp3) is 0.0435. The zero-order valence-corrected chi connectivity index (χ0v) is 16.1. The Morgan fingerprint density at radius 1 is 0.897 bits per heavy atom. The molecule has 0 aliphatic carbocycles. The summed E-state index contributed by atoms with van der Waals surface area (Å²) in [6.07, 6.45) is 0. The quantitative estimate of drug-likeness (QED) is 0.378. The molecule has 0 aliphatic rings. The van der Waals surface area contributed by atoms with Crippen molar-refractivity contribution in [3.8, 4) is 17.8 Å². The molecule has 0 fully saturated rings. The first-order chi connectivity index (χ1) is 14.2. The second-order valence-corrected chi connectivity index (χ2v) is 7.25. The average Bonchev–Trinajstić information content (AvgIpc) is 2.78. The molecule has 6 heteroatoms. The van der Waals surface area contributed by atoms with E-state index in [1.165, 1.54) is 11.8 Å². The van der Waals surface area contributed by atoms with Gasteiger partial charge in [-0.25, -0.2) is 4.98 Å². The summed E-state index contributed by atoms with van der Waals surface area (Å²) in [6, 6.07) is 25.7. The first-order valence-corrected chi connectivity index (χ1v) is 9.82. The molecule has 4 aromatic rings. The Balaban J connectivity index is 1.81. The fourth-order valence-electron chi connectivity index (χ4n) is 3.00. The van der Waals surface area contributed by atoms with E-state index in [1.807, 2.05) is 36.4 Å². The molecule has 0 saturated heterocycles. The topological polar surface area (TPSA) is 82.5 Å². The van der Waals surface area contributed by atoms with Crippen molar-refractivity contribution in [2.75, 3.05) is 0 Å². The van der Waals surface area contributed by atoms with Gasteiger partial charge in [0.2, 0.25) is 0 Å². The van der Waals surface area contributed by atoms with Crippen LogP contribution in [0.3, 0.4) is 0 Å². The number of aromatic nitrogens is 2. The van der Waals surface area contributed by atoms with Crippen LogP contribution in [0.25, 0.3) is 16.6 Å². The van der Waals surface area contributed by atoms with E-state index in [2.05, 4.69) is 12.1 Å². The van der Waals surface area contributed by atoms with Gasteiger partial charge in [0.15, 0.2) is 5.16 Å². The normalized spacial score (nSPS) is 10.4. The van der Waals surface area contributed by atoms with E-state index in [1.54, 1.807) is 41.0 Å². The molecule has 1 heterocycles. The van der Waals surface area contributed by atoms with Crippen LogP contribution in [0, 0.1) is 22.7 Å². The molecule has 0 amide bonds. The van der Waals surface area contributed by atoms with Crippen molar-refractivity contribution in [3.05, 3.63) is 99.8 Å². The summed E-state index contributed by atoms with van der Waals surface area (Å²) in [4.78, 5) is 17.9. The standard InChI is InChI=1S/C23H14N4OS/c24-13-16-8-10-19(11-9-16)27-22(28)20-6-1-2-7-21(20)26-23(27)29-15-18-5-3-4-17(12-18)14-25/h1-12H,15H2. The summed E-state index contributed by atoms with van der Waals surface area (Å²) in [5.41, 5.74) is 3.23. The van der Waals surface area contributed by atoms with Gasteiger partial charge in [-0.05, 0) is 54.1 Å². The highest BCUT2D eigenvalue weighted by atomic mass is 32.2. The number of fused-ring (bicyclic) bond motifs is 1. The number of rotatable bonds is 4. The molecule has 0 bridgehead atoms. The Kier molecular flexibility index (Phi) is 5.11. The lowest BCUT2D eigenvalue weighted by atomic mass is 10.2. The van der Waals surface area contributed by atoms with Gasteiger partial charge in [-0.1, -0.05) is 36.0 Å². The first-order valence-electron chi connectivity index (χ1n) is 8.84. The molecular weight excluding hydrogens is 380 g/mol. The lowest BCUT2D eigenvalue weighted by Gasteiger charge is -2.13. The van der Waals surface area contributed by atoms with Crippen LogP contribution < -0.4 is 5.56 Å². The van der Waals surface area contributed by atoms with Crippen LogP contribution in [0.2, 0.25) is 0 Å². The molecule has 4 rings (SSSR count). The van der Waals surface area contributed by atoms with Crippen LogP contribution in [0.1, 0.15) is 16.7 Å². The summed E-state index contributed by atoms with van der Waals surface area (Å²) < 4.78 is 1.57. The van der Waals surface area contributed by atoms with Gasteiger partial charge in [0.25, 0.3) is 5.56 Å². The molecule has 0 saturated carbocycles. The maximum Gasteiger partial charge on any atom is 0.266 e. The molecular formula is C23H14N4OS. The molecule has 5 nitrogen and oxygen atoms in total. The highest BCUT2D eigenvalue weighted by Gasteiger charge is 2.13. The Morgan fingerprint density at radius 2 is 1.66 bits per heavy atom. The Labute approximate surface area is 171 Å². The van der Waals surface area contributed by atoms with Crippen molar-refractivity contribution >= 4 is 22.7 Å². The van der Waals surface area contributed by atoms with Gasteiger partial charge < -0.3 is 0 Å². The minimum absolute atomic E-state index is 0.159. The molecule has 0 aliphatic heterocycles. The van der Waals surface area contributed by atoms with Crippen molar-refractivity contribution in [2.24, 2.45) is 0 Å². The summed E-state index contributed by atoms with van der Waals surface area (Å²) >= 11 is 1.43. The second-order valence-electron chi connectivity index (χ2n) is 6.31. The number of para-hydroxylation sites is 1. The van der Waals surface area contributed by atoms with Gasteiger partial charge >= 0.3 is 0 Å². The van der Waals surface area contributed by atoms with Crippen LogP contribution in [0.5, 0.6) is 0 Å². The van der Waals surface area contributed by atoms with E-state index in [0.717, 1.165) is 5.56 Å². The van der Waals surface area contributed by atoms with Gasteiger partial charge in [0.05, 0.1) is 39.9 Å². The molecule has 0 atom stereocenters. The second kappa shape index (κ2) is 8.02. The summed E-state index contributed by atoms with van der Waals surface area (Å²) in [5, 5.41) is 19.2. The number of benzene rings is 3. The highest BCUT2D eigenvalue weighted by Crippen LogP contribution is 2.25. The van der Waals surface area contributed by atoms with Crippen molar-refractivity contribution in [3.63, 3.8) is 0 Å². The van der Waals surface area contributed by atoms with Crippen molar-refractivity contribution in [1.29, 1.82) is 10.5 Å². The van der Waals surface area contributed by atoms with E-state index in [4.69, 9.17) is 15.5 Å². The van der Waals surface area contributed by atoms with Gasteiger partial charge in [-0.15, -0.1) is 0 Å². The number of hydrogen-bond acceptors (Lipinski definition) is 5. The fourth-order valence-corrected chi connectivity index (χ4v) is 3.96. The van der Waals surface area contributed by atoms with Gasteiger partial charge in [0, 0.05) is 5.75 Å². The summed E-state index contributed by atoms with van der Waals surface area (Å²) in [5.74, 6) is 0.566. The summed E-state index contributed by atoms with van der Waals surface area (Å²) in [6.45, 7) is 0. The SMILES string of the molecule is N#Cc1ccc(-n2c(SCc3cccc(C#N)c3)nc3ccccc3c2=O)cc1. The summed E-state index contributed by atoms with van der Waals surface area (Å²) in [7, 11) is 0. The number of thioether (sulfide) groups is 1. The van der Waals surface area contributed by atoms with Gasteiger partial charge in [-0.2, -0.15) is 10.5 Å². The molecule has 3 aromatic carbocycles. The number of nitrogens with zero attached hydrogens (tertiary/aromatic N) is 4. The van der Waals surface area contributed by atoms with Crippen LogP contribution in [0.15, 0.2) is 82.7 Å². The predicted octanol–water partition coefficient (Wildman–Crippen LogP) is 4.42. The van der Waals surface area contributed by atoms with Gasteiger partial charge in [0.1, 0.15) is 0 Å². The molecule has 0 radical (unpaired) electrons. The van der Waals surface area contributed by atoms with Crippen LogP contribution >= 0.6 is 11.8 Å². The van der Waals surface area contributed by atoms with E-state index < -0.39 is 0 Å². The Morgan fingerprint density at radius 3 is 2.41 bits per heavy atom. The maximum absolute atomic E-state index is 13.2. The van der Waals surface area contributed by atoms with Crippen LogP contribution in [-0.4, -0.2) is 9.55 Å². The molecule has 0 N–H and O–H groups in total. The minimum Gasteiger partial charge on any atom is -0.268 e. The van der Waals surface area contributed by atoms with Gasteiger partial charge in [-0.3, -0.25) is 9.36 Å². The third-order valence-corrected chi connectivity index (χ3v) is 5.43. The Bertz CT molecular complexity index is 1340.